The molecule has 2 rings (SSSR count). The maximum Gasteiger partial charge on any atom is 0.352 e. The lowest BCUT2D eigenvalue weighted by Gasteiger charge is -2.11. The summed E-state index contributed by atoms with van der Waals surface area (Å²) in [7, 11) is 0. The Labute approximate surface area is 78.6 Å². The van der Waals surface area contributed by atoms with Crippen LogP contribution in [0.2, 0.25) is 0 Å². The van der Waals surface area contributed by atoms with Crippen LogP contribution in [0, 0.1) is 5.82 Å². The second-order valence-corrected chi connectivity index (χ2v) is 2.82. The van der Waals surface area contributed by atoms with Gasteiger partial charge in [0, 0.05) is 0 Å². The topological polar surface area (TPSA) is 70.1 Å². The Bertz CT molecular complexity index is 441. The molecule has 2 heterocycles. The molecule has 1 aromatic heterocycles. The highest BCUT2D eigenvalue weighted by atomic mass is 19.1. The van der Waals surface area contributed by atoms with E-state index in [0.29, 0.717) is 6.61 Å². The highest BCUT2D eigenvalue weighted by Crippen LogP contribution is 2.14. The molecule has 1 aromatic rings. The van der Waals surface area contributed by atoms with Gasteiger partial charge in [0.25, 0.3) is 0 Å². The Balaban J connectivity index is 2.48. The maximum atomic E-state index is 13.0. The molecular formula is C8H8FN3O2. The fraction of sp³-hybridized carbons (Fsp3) is 0.250. The van der Waals surface area contributed by atoms with Crippen LogP contribution in [0.25, 0.3) is 0 Å². The van der Waals surface area contributed by atoms with E-state index in [0.717, 1.165) is 10.8 Å². The standard InChI is InChI=1S/C8H8FN3O2/c9-5-4-12(6-2-1-3-14-6)8(13)11-7(5)10/h1-2,4,6H,3H2,(H2,10,11,13)/t6-/m0/s1. The van der Waals surface area contributed by atoms with E-state index in [-0.39, 0.29) is 0 Å². The van der Waals surface area contributed by atoms with E-state index in [2.05, 4.69) is 4.98 Å². The summed E-state index contributed by atoms with van der Waals surface area (Å²) in [5, 5.41) is 0. The van der Waals surface area contributed by atoms with E-state index < -0.39 is 23.6 Å². The number of nitrogen functional groups attached to an aromatic ring is 1. The summed E-state index contributed by atoms with van der Waals surface area (Å²) in [5.41, 5.74) is 4.51. The van der Waals surface area contributed by atoms with Gasteiger partial charge in [0.05, 0.1) is 12.8 Å². The smallest absolute Gasteiger partial charge is 0.352 e. The van der Waals surface area contributed by atoms with Gasteiger partial charge in [-0.1, -0.05) is 6.08 Å². The summed E-state index contributed by atoms with van der Waals surface area (Å²) >= 11 is 0. The molecule has 0 fully saturated rings. The van der Waals surface area contributed by atoms with Crippen LogP contribution in [0.3, 0.4) is 0 Å². The van der Waals surface area contributed by atoms with Crippen LogP contribution < -0.4 is 11.4 Å². The molecule has 1 atom stereocenters. The quantitative estimate of drug-likeness (QED) is 0.646. The predicted octanol–water partition coefficient (Wildman–Crippen LogP) is 0.0496. The number of ether oxygens (including phenoxy) is 1. The van der Waals surface area contributed by atoms with Gasteiger partial charge < -0.3 is 10.5 Å². The molecule has 0 bridgehead atoms. The highest BCUT2D eigenvalue weighted by molar-refractivity contribution is 5.26. The van der Waals surface area contributed by atoms with Gasteiger partial charge >= 0.3 is 5.69 Å². The molecule has 6 heteroatoms. The molecule has 1 aliphatic heterocycles. The SMILES string of the molecule is Nc1nc(=O)n([C@@H]2C=CCO2)cc1F. The maximum absolute atomic E-state index is 13.0. The number of aromatic nitrogens is 2. The zero-order valence-electron chi connectivity index (χ0n) is 7.18. The minimum atomic E-state index is -0.728. The van der Waals surface area contributed by atoms with Crippen LogP contribution in [-0.2, 0) is 4.74 Å². The third-order valence-corrected chi connectivity index (χ3v) is 1.87. The molecule has 0 aromatic carbocycles. The molecule has 2 N–H and O–H groups in total. The van der Waals surface area contributed by atoms with Gasteiger partial charge in [-0.25, -0.2) is 9.18 Å². The highest BCUT2D eigenvalue weighted by Gasteiger charge is 2.15. The monoisotopic (exact) mass is 197 g/mol. The van der Waals surface area contributed by atoms with Crippen molar-refractivity contribution in [1.82, 2.24) is 9.55 Å². The third kappa shape index (κ3) is 1.39. The largest absolute Gasteiger partial charge is 0.381 e. The number of hydrogen-bond acceptors (Lipinski definition) is 4. The molecule has 0 radical (unpaired) electrons. The van der Waals surface area contributed by atoms with E-state index in [1.807, 2.05) is 0 Å². The van der Waals surface area contributed by atoms with Crippen LogP contribution in [0.5, 0.6) is 0 Å². The number of nitrogens with two attached hydrogens (primary N) is 1. The van der Waals surface area contributed by atoms with Crippen molar-refractivity contribution < 1.29 is 9.13 Å². The molecular weight excluding hydrogens is 189 g/mol. The van der Waals surface area contributed by atoms with E-state index in [4.69, 9.17) is 10.5 Å². The molecule has 5 nitrogen and oxygen atoms in total. The Kier molecular flexibility index (Phi) is 2.05. The zero-order chi connectivity index (χ0) is 10.1. The number of rotatable bonds is 1. The Morgan fingerprint density at radius 3 is 3.14 bits per heavy atom. The van der Waals surface area contributed by atoms with Crippen molar-refractivity contribution in [2.24, 2.45) is 0 Å². The summed E-state index contributed by atoms with van der Waals surface area (Å²) in [4.78, 5) is 14.6. The third-order valence-electron chi connectivity index (χ3n) is 1.87. The van der Waals surface area contributed by atoms with Crippen LogP contribution >= 0.6 is 0 Å². The minimum Gasteiger partial charge on any atom is -0.381 e. The van der Waals surface area contributed by atoms with Gasteiger partial charge in [0.2, 0.25) is 0 Å². The van der Waals surface area contributed by atoms with Gasteiger partial charge in [-0.05, 0) is 6.08 Å². The van der Waals surface area contributed by atoms with Crippen LogP contribution in [0.1, 0.15) is 6.23 Å². The van der Waals surface area contributed by atoms with Crippen LogP contribution in [0.4, 0.5) is 10.2 Å². The molecule has 0 amide bonds. The molecule has 14 heavy (non-hydrogen) atoms. The van der Waals surface area contributed by atoms with Gasteiger partial charge in [-0.15, -0.1) is 0 Å². The molecule has 0 aliphatic carbocycles. The Morgan fingerprint density at radius 2 is 2.50 bits per heavy atom. The minimum absolute atomic E-state index is 0.395. The summed E-state index contributed by atoms with van der Waals surface area (Å²) in [6, 6.07) is 0. The van der Waals surface area contributed by atoms with Gasteiger partial charge in [-0.2, -0.15) is 4.98 Å². The fourth-order valence-electron chi connectivity index (χ4n) is 1.19. The fourth-order valence-corrected chi connectivity index (χ4v) is 1.19. The Hall–Kier alpha value is -1.69. The van der Waals surface area contributed by atoms with Crippen molar-refractivity contribution in [3.8, 4) is 0 Å². The summed E-state index contributed by atoms with van der Waals surface area (Å²) in [6.45, 7) is 0.406. The lowest BCUT2D eigenvalue weighted by molar-refractivity contribution is 0.0714. The average Bonchev–Trinajstić information content (AvgIpc) is 2.64. The molecule has 0 saturated carbocycles. The average molecular weight is 197 g/mol. The van der Waals surface area contributed by atoms with E-state index in [1.165, 1.54) is 0 Å². The molecule has 0 spiro atoms. The summed E-state index contributed by atoms with van der Waals surface area (Å²) < 4.78 is 19.2. The van der Waals surface area contributed by atoms with Crippen molar-refractivity contribution in [1.29, 1.82) is 0 Å². The van der Waals surface area contributed by atoms with Gasteiger partial charge in [0.15, 0.2) is 17.9 Å². The van der Waals surface area contributed by atoms with Gasteiger partial charge in [0.1, 0.15) is 0 Å². The summed E-state index contributed by atoms with van der Waals surface area (Å²) in [6.07, 6.45) is 3.81. The zero-order valence-corrected chi connectivity index (χ0v) is 7.18. The molecule has 1 aliphatic rings. The predicted molar refractivity (Wildman–Crippen MR) is 47.0 cm³/mol. The first kappa shape index (κ1) is 8.89. The first-order chi connectivity index (χ1) is 6.68. The second kappa shape index (κ2) is 3.22. The van der Waals surface area contributed by atoms with E-state index in [9.17, 15) is 9.18 Å². The van der Waals surface area contributed by atoms with Gasteiger partial charge in [-0.3, -0.25) is 4.57 Å². The van der Waals surface area contributed by atoms with Crippen molar-refractivity contribution >= 4 is 5.82 Å². The number of nitrogens with zero attached hydrogens (tertiary/aromatic N) is 2. The normalized spacial score (nSPS) is 20.2. The summed E-state index contributed by atoms with van der Waals surface area (Å²) in [5.74, 6) is -1.12. The van der Waals surface area contributed by atoms with Crippen LogP contribution in [0.15, 0.2) is 23.1 Å². The van der Waals surface area contributed by atoms with Crippen LogP contribution in [-0.4, -0.2) is 16.2 Å². The molecule has 74 valence electrons. The lowest BCUT2D eigenvalue weighted by Crippen LogP contribution is -2.27. The molecule has 0 saturated heterocycles. The molecule has 0 unspecified atom stereocenters. The van der Waals surface area contributed by atoms with Crippen molar-refractivity contribution in [2.75, 3.05) is 12.3 Å². The Morgan fingerprint density at radius 1 is 1.71 bits per heavy atom. The first-order valence-corrected chi connectivity index (χ1v) is 4.01. The second-order valence-electron chi connectivity index (χ2n) is 2.82. The lowest BCUT2D eigenvalue weighted by atomic mass is 10.4. The van der Waals surface area contributed by atoms with E-state index in [1.54, 1.807) is 12.2 Å². The van der Waals surface area contributed by atoms with Crippen molar-refractivity contribution in [3.05, 3.63) is 34.7 Å². The number of hydrogen-bond donors (Lipinski definition) is 1. The van der Waals surface area contributed by atoms with Crippen molar-refractivity contribution in [2.45, 2.75) is 6.23 Å². The number of anilines is 1. The first-order valence-electron chi connectivity index (χ1n) is 4.01. The van der Waals surface area contributed by atoms with E-state index >= 15 is 0 Å². The van der Waals surface area contributed by atoms with Crippen molar-refractivity contribution in [3.63, 3.8) is 0 Å². The number of halogens is 1.